The van der Waals surface area contributed by atoms with E-state index in [1.165, 1.54) is 19.1 Å². The molecule has 0 fully saturated rings. The molecule has 0 aromatic carbocycles. The van der Waals surface area contributed by atoms with Crippen molar-refractivity contribution in [1.82, 2.24) is 0 Å². The summed E-state index contributed by atoms with van der Waals surface area (Å²) in [5.41, 5.74) is 0. The lowest BCUT2D eigenvalue weighted by Crippen LogP contribution is -2.36. The first-order valence-corrected chi connectivity index (χ1v) is 3.79. The van der Waals surface area contributed by atoms with Gasteiger partial charge in [-0.05, 0) is 12.2 Å². The minimum absolute atomic E-state index is 0.328. The number of hydrogen-bond acceptors (Lipinski definition) is 5. The molecule has 0 saturated heterocycles. The van der Waals surface area contributed by atoms with Gasteiger partial charge in [-0.25, -0.2) is 0 Å². The summed E-state index contributed by atoms with van der Waals surface area (Å²) in [7, 11) is 0. The molecule has 0 radical (unpaired) electrons. The number of hydrogen-bond donors (Lipinski definition) is 1. The van der Waals surface area contributed by atoms with Gasteiger partial charge in [-0.15, -0.1) is 0 Å². The van der Waals surface area contributed by atoms with Gasteiger partial charge in [0.25, 0.3) is 0 Å². The maximum absolute atomic E-state index is 10.9. The van der Waals surface area contributed by atoms with E-state index in [0.29, 0.717) is 0 Å². The van der Waals surface area contributed by atoms with Crippen LogP contribution < -0.4 is 0 Å². The molecule has 1 heterocycles. The van der Waals surface area contributed by atoms with Crippen LogP contribution in [0, 0.1) is 0 Å². The standard InChI is InChI=1S/C8H10O5/c1-5(10)12-8-3-2-6(11)7(4-9)13-8/h2-3,7-9H,4H2,1H3/t7?,8-/m0/s1. The highest BCUT2D eigenvalue weighted by Crippen LogP contribution is 2.10. The van der Waals surface area contributed by atoms with Crippen molar-refractivity contribution in [2.45, 2.75) is 19.3 Å². The summed E-state index contributed by atoms with van der Waals surface area (Å²) in [6.45, 7) is 0.822. The average molecular weight is 186 g/mol. The Morgan fingerprint density at radius 3 is 3.00 bits per heavy atom. The second-order valence-corrected chi connectivity index (χ2v) is 2.55. The first kappa shape index (κ1) is 9.88. The predicted octanol–water partition coefficient (Wildman–Crippen LogP) is -0.608. The summed E-state index contributed by atoms with van der Waals surface area (Å²) in [6, 6.07) is 0. The van der Waals surface area contributed by atoms with Crippen LogP contribution in [0.2, 0.25) is 0 Å². The molecule has 0 bridgehead atoms. The van der Waals surface area contributed by atoms with E-state index in [1.807, 2.05) is 0 Å². The first-order chi connectivity index (χ1) is 6.13. The molecule has 1 aliphatic heterocycles. The number of esters is 1. The van der Waals surface area contributed by atoms with Gasteiger partial charge in [0.05, 0.1) is 6.61 Å². The number of aliphatic hydroxyl groups excluding tert-OH is 1. The maximum atomic E-state index is 10.9. The predicted molar refractivity (Wildman–Crippen MR) is 41.7 cm³/mol. The Morgan fingerprint density at radius 1 is 1.77 bits per heavy atom. The van der Waals surface area contributed by atoms with E-state index in [-0.39, 0.29) is 5.78 Å². The maximum Gasteiger partial charge on any atom is 0.305 e. The zero-order valence-corrected chi connectivity index (χ0v) is 7.10. The smallest absolute Gasteiger partial charge is 0.305 e. The van der Waals surface area contributed by atoms with Gasteiger partial charge in [-0.1, -0.05) is 0 Å². The molecule has 5 nitrogen and oxygen atoms in total. The second-order valence-electron chi connectivity index (χ2n) is 2.55. The van der Waals surface area contributed by atoms with Crippen LogP contribution in [0.5, 0.6) is 0 Å². The van der Waals surface area contributed by atoms with E-state index in [1.54, 1.807) is 0 Å². The van der Waals surface area contributed by atoms with Crippen LogP contribution in [0.15, 0.2) is 12.2 Å². The quantitative estimate of drug-likeness (QED) is 0.582. The van der Waals surface area contributed by atoms with E-state index in [9.17, 15) is 9.59 Å². The number of ketones is 1. The Kier molecular flexibility index (Phi) is 3.16. The number of carbonyl (C=O) groups is 2. The van der Waals surface area contributed by atoms with Crippen LogP contribution in [0.3, 0.4) is 0 Å². The van der Waals surface area contributed by atoms with Crippen molar-refractivity contribution in [2.24, 2.45) is 0 Å². The average Bonchev–Trinajstić information content (AvgIpc) is 2.07. The van der Waals surface area contributed by atoms with Crippen molar-refractivity contribution in [1.29, 1.82) is 0 Å². The van der Waals surface area contributed by atoms with Crippen LogP contribution >= 0.6 is 0 Å². The largest absolute Gasteiger partial charge is 0.432 e. The van der Waals surface area contributed by atoms with Crippen LogP contribution in [0.1, 0.15) is 6.92 Å². The molecule has 0 spiro atoms. The highest BCUT2D eigenvalue weighted by Gasteiger charge is 2.25. The topological polar surface area (TPSA) is 72.8 Å². The van der Waals surface area contributed by atoms with Gasteiger partial charge in [-0.2, -0.15) is 0 Å². The third-order valence-electron chi connectivity index (χ3n) is 1.48. The molecule has 0 aromatic heterocycles. The molecule has 13 heavy (non-hydrogen) atoms. The van der Waals surface area contributed by atoms with Gasteiger partial charge in [-0.3, -0.25) is 9.59 Å². The third-order valence-corrected chi connectivity index (χ3v) is 1.48. The molecular weight excluding hydrogens is 176 g/mol. The van der Waals surface area contributed by atoms with E-state index in [4.69, 9.17) is 9.84 Å². The molecule has 2 atom stereocenters. The highest BCUT2D eigenvalue weighted by atomic mass is 16.7. The van der Waals surface area contributed by atoms with E-state index in [0.717, 1.165) is 0 Å². The summed E-state index contributed by atoms with van der Waals surface area (Å²) in [5.74, 6) is -0.827. The fraction of sp³-hybridized carbons (Fsp3) is 0.500. The Hall–Kier alpha value is -1.20. The van der Waals surface area contributed by atoms with Gasteiger partial charge in [0.1, 0.15) is 6.10 Å². The van der Waals surface area contributed by atoms with Crippen molar-refractivity contribution < 1.29 is 24.2 Å². The number of aliphatic hydroxyl groups is 1. The fourth-order valence-corrected chi connectivity index (χ4v) is 0.919. The second kappa shape index (κ2) is 4.15. The van der Waals surface area contributed by atoms with Crippen molar-refractivity contribution in [3.05, 3.63) is 12.2 Å². The van der Waals surface area contributed by atoms with Crippen LogP contribution in [0.25, 0.3) is 0 Å². The monoisotopic (exact) mass is 186 g/mol. The minimum atomic E-state index is -0.922. The van der Waals surface area contributed by atoms with E-state index < -0.39 is 25.0 Å². The molecule has 0 amide bonds. The Morgan fingerprint density at radius 2 is 2.46 bits per heavy atom. The zero-order valence-electron chi connectivity index (χ0n) is 7.10. The molecule has 72 valence electrons. The van der Waals surface area contributed by atoms with Gasteiger partial charge in [0.15, 0.2) is 5.78 Å². The number of rotatable bonds is 2. The summed E-state index contributed by atoms with van der Waals surface area (Å²) in [4.78, 5) is 21.4. The number of ether oxygens (including phenoxy) is 2. The molecular formula is C8H10O5. The summed E-state index contributed by atoms with van der Waals surface area (Å²) < 4.78 is 9.59. The normalized spacial score (nSPS) is 27.4. The SMILES string of the molecule is CC(=O)O[C@@H]1C=CC(=O)C(CO)O1. The summed E-state index contributed by atoms with van der Waals surface area (Å²) >= 11 is 0. The lowest BCUT2D eigenvalue weighted by molar-refractivity contribution is -0.183. The molecule has 0 aliphatic carbocycles. The van der Waals surface area contributed by atoms with Gasteiger partial charge in [0.2, 0.25) is 6.29 Å². The summed E-state index contributed by atoms with van der Waals surface area (Å²) in [5, 5.41) is 8.69. The molecule has 0 saturated carbocycles. The van der Waals surface area contributed by atoms with Gasteiger partial charge >= 0.3 is 5.97 Å². The molecule has 1 N–H and O–H groups in total. The Bertz CT molecular complexity index is 245. The van der Waals surface area contributed by atoms with Gasteiger partial charge < -0.3 is 14.6 Å². The lowest BCUT2D eigenvalue weighted by Gasteiger charge is -2.22. The molecule has 0 aromatic rings. The highest BCUT2D eigenvalue weighted by molar-refractivity contribution is 5.94. The lowest BCUT2D eigenvalue weighted by atomic mass is 10.2. The zero-order chi connectivity index (χ0) is 9.84. The first-order valence-electron chi connectivity index (χ1n) is 3.79. The van der Waals surface area contributed by atoms with E-state index >= 15 is 0 Å². The third kappa shape index (κ3) is 2.64. The van der Waals surface area contributed by atoms with Gasteiger partial charge in [0, 0.05) is 6.92 Å². The Balaban J connectivity index is 2.57. The van der Waals surface area contributed by atoms with Crippen molar-refractivity contribution in [3.8, 4) is 0 Å². The van der Waals surface area contributed by atoms with Crippen molar-refractivity contribution in [3.63, 3.8) is 0 Å². The molecule has 1 unspecified atom stereocenters. The molecule has 1 aliphatic rings. The molecule has 5 heteroatoms. The summed E-state index contributed by atoms with van der Waals surface area (Å²) in [6.07, 6.45) is 0.773. The Labute approximate surface area is 74.9 Å². The van der Waals surface area contributed by atoms with Crippen LogP contribution in [-0.4, -0.2) is 35.9 Å². The minimum Gasteiger partial charge on any atom is -0.432 e. The van der Waals surface area contributed by atoms with Crippen molar-refractivity contribution >= 4 is 11.8 Å². The molecule has 1 rings (SSSR count). The fourth-order valence-electron chi connectivity index (χ4n) is 0.919. The van der Waals surface area contributed by atoms with Crippen LogP contribution in [0.4, 0.5) is 0 Å². The van der Waals surface area contributed by atoms with E-state index in [2.05, 4.69) is 4.74 Å². The number of carbonyl (C=O) groups excluding carboxylic acids is 2. The van der Waals surface area contributed by atoms with Crippen LogP contribution in [-0.2, 0) is 19.1 Å². The van der Waals surface area contributed by atoms with Crippen molar-refractivity contribution in [2.75, 3.05) is 6.61 Å².